The molecule has 0 saturated heterocycles. The van der Waals surface area contributed by atoms with Crippen molar-refractivity contribution in [2.75, 3.05) is 25.5 Å². The molecule has 1 aromatic rings. The van der Waals surface area contributed by atoms with Gasteiger partial charge in [0, 0.05) is 20.6 Å². The van der Waals surface area contributed by atoms with Crippen molar-refractivity contribution >= 4 is 5.95 Å². The Kier molecular flexibility index (Phi) is 3.76. The van der Waals surface area contributed by atoms with Crippen LogP contribution in [-0.4, -0.2) is 30.6 Å². The average Bonchev–Trinajstić information content (AvgIpc) is 2.53. The summed E-state index contributed by atoms with van der Waals surface area (Å²) < 4.78 is 0. The minimum Gasteiger partial charge on any atom is -0.349 e. The molecule has 0 saturated carbocycles. The summed E-state index contributed by atoms with van der Waals surface area (Å²) in [5, 5.41) is 3.31. The van der Waals surface area contributed by atoms with E-state index in [1.807, 2.05) is 25.2 Å². The van der Waals surface area contributed by atoms with E-state index in [1.54, 1.807) is 0 Å². The first kappa shape index (κ1) is 10.1. The Bertz CT molecular complexity index is 242. The first-order valence-corrected chi connectivity index (χ1v) is 4.66. The lowest BCUT2D eigenvalue weighted by Gasteiger charge is -2.06. The van der Waals surface area contributed by atoms with Gasteiger partial charge in [-0.2, -0.15) is 0 Å². The Labute approximate surface area is 79.4 Å². The maximum atomic E-state index is 4.22. The first-order valence-electron chi connectivity index (χ1n) is 4.66. The van der Waals surface area contributed by atoms with Gasteiger partial charge < -0.3 is 15.2 Å². The summed E-state index contributed by atoms with van der Waals surface area (Å²) in [6.07, 6.45) is 3.03. The smallest absolute Gasteiger partial charge is 0.202 e. The number of aromatic nitrogens is 2. The van der Waals surface area contributed by atoms with Crippen LogP contribution in [0.4, 0.5) is 5.95 Å². The van der Waals surface area contributed by atoms with Gasteiger partial charge in [0.15, 0.2) is 0 Å². The second-order valence-electron chi connectivity index (χ2n) is 3.30. The van der Waals surface area contributed by atoms with Crippen molar-refractivity contribution in [2.24, 2.45) is 0 Å². The number of aromatic amines is 1. The third-order valence-electron chi connectivity index (χ3n) is 1.78. The Morgan fingerprint density at radius 2 is 2.31 bits per heavy atom. The van der Waals surface area contributed by atoms with Crippen LogP contribution in [-0.2, 0) is 6.54 Å². The predicted octanol–water partition coefficient (Wildman–Crippen LogP) is 0.975. The predicted molar refractivity (Wildman–Crippen MR) is 54.9 cm³/mol. The second kappa shape index (κ2) is 4.87. The fraction of sp³-hybridized carbons (Fsp3) is 0.667. The van der Waals surface area contributed by atoms with Crippen molar-refractivity contribution in [2.45, 2.75) is 19.9 Å². The molecular formula is C9H18N4. The molecule has 1 aromatic heterocycles. The van der Waals surface area contributed by atoms with E-state index in [-0.39, 0.29) is 0 Å². The molecule has 0 spiro atoms. The SMILES string of the molecule is CCCNCc1cnc(N(C)C)[nH]1. The van der Waals surface area contributed by atoms with Gasteiger partial charge in [-0.3, -0.25) is 0 Å². The number of hydrogen-bond donors (Lipinski definition) is 2. The molecule has 0 bridgehead atoms. The minimum atomic E-state index is 0.870. The number of H-pyrrole nitrogens is 1. The highest BCUT2D eigenvalue weighted by Gasteiger charge is 2.00. The summed E-state index contributed by atoms with van der Waals surface area (Å²) in [6, 6.07) is 0. The normalized spacial score (nSPS) is 10.4. The van der Waals surface area contributed by atoms with Crippen molar-refractivity contribution in [3.05, 3.63) is 11.9 Å². The van der Waals surface area contributed by atoms with Gasteiger partial charge in [-0.25, -0.2) is 4.98 Å². The van der Waals surface area contributed by atoms with Crippen molar-refractivity contribution < 1.29 is 0 Å². The van der Waals surface area contributed by atoms with Crippen LogP contribution in [0.2, 0.25) is 0 Å². The van der Waals surface area contributed by atoms with E-state index in [0.717, 1.165) is 31.2 Å². The minimum absolute atomic E-state index is 0.870. The molecule has 0 radical (unpaired) electrons. The molecule has 0 atom stereocenters. The number of imidazole rings is 1. The molecule has 0 unspecified atom stereocenters. The largest absolute Gasteiger partial charge is 0.349 e. The lowest BCUT2D eigenvalue weighted by Crippen LogP contribution is -2.14. The zero-order valence-corrected chi connectivity index (χ0v) is 8.59. The molecule has 13 heavy (non-hydrogen) atoms. The summed E-state index contributed by atoms with van der Waals surface area (Å²) in [6.45, 7) is 4.08. The topological polar surface area (TPSA) is 44.0 Å². The third kappa shape index (κ3) is 3.06. The van der Waals surface area contributed by atoms with Crippen LogP contribution in [0.5, 0.6) is 0 Å². The average molecular weight is 182 g/mol. The zero-order chi connectivity index (χ0) is 9.68. The zero-order valence-electron chi connectivity index (χ0n) is 8.59. The monoisotopic (exact) mass is 182 g/mol. The van der Waals surface area contributed by atoms with E-state index in [2.05, 4.69) is 22.2 Å². The number of nitrogens with one attached hydrogen (secondary N) is 2. The van der Waals surface area contributed by atoms with Gasteiger partial charge in [0.1, 0.15) is 0 Å². The summed E-state index contributed by atoms with van der Waals surface area (Å²) in [4.78, 5) is 9.41. The number of hydrogen-bond acceptors (Lipinski definition) is 3. The van der Waals surface area contributed by atoms with Crippen LogP contribution in [0.15, 0.2) is 6.20 Å². The molecule has 0 aromatic carbocycles. The first-order chi connectivity index (χ1) is 6.24. The van der Waals surface area contributed by atoms with Crippen LogP contribution in [0.25, 0.3) is 0 Å². The van der Waals surface area contributed by atoms with Crippen LogP contribution < -0.4 is 10.2 Å². The van der Waals surface area contributed by atoms with Gasteiger partial charge in [-0.05, 0) is 13.0 Å². The number of nitrogens with zero attached hydrogens (tertiary/aromatic N) is 2. The Morgan fingerprint density at radius 3 is 2.85 bits per heavy atom. The molecular weight excluding hydrogens is 164 g/mol. The van der Waals surface area contributed by atoms with E-state index >= 15 is 0 Å². The number of anilines is 1. The van der Waals surface area contributed by atoms with E-state index in [9.17, 15) is 0 Å². The fourth-order valence-corrected chi connectivity index (χ4v) is 1.06. The Morgan fingerprint density at radius 1 is 1.54 bits per heavy atom. The standard InChI is InChI=1S/C9H18N4/c1-4-5-10-6-8-7-11-9(12-8)13(2)3/h7,10H,4-6H2,1-3H3,(H,11,12). The Balaban J connectivity index is 2.40. The molecule has 4 heteroatoms. The fourth-order valence-electron chi connectivity index (χ4n) is 1.06. The molecule has 1 heterocycles. The van der Waals surface area contributed by atoms with Gasteiger partial charge >= 0.3 is 0 Å². The molecule has 0 fully saturated rings. The summed E-state index contributed by atoms with van der Waals surface area (Å²) >= 11 is 0. The maximum Gasteiger partial charge on any atom is 0.202 e. The Hall–Kier alpha value is -1.03. The molecule has 0 amide bonds. The highest BCUT2D eigenvalue weighted by molar-refractivity contribution is 5.28. The maximum absolute atomic E-state index is 4.22. The second-order valence-corrected chi connectivity index (χ2v) is 3.30. The van der Waals surface area contributed by atoms with Gasteiger partial charge in [-0.15, -0.1) is 0 Å². The van der Waals surface area contributed by atoms with Crippen LogP contribution >= 0.6 is 0 Å². The van der Waals surface area contributed by atoms with Crippen LogP contribution in [0, 0.1) is 0 Å². The van der Waals surface area contributed by atoms with E-state index in [0.29, 0.717) is 0 Å². The van der Waals surface area contributed by atoms with Crippen LogP contribution in [0.1, 0.15) is 19.0 Å². The van der Waals surface area contributed by atoms with E-state index in [4.69, 9.17) is 0 Å². The van der Waals surface area contributed by atoms with Crippen molar-refractivity contribution in [3.8, 4) is 0 Å². The molecule has 2 N–H and O–H groups in total. The van der Waals surface area contributed by atoms with E-state index in [1.165, 1.54) is 0 Å². The van der Waals surface area contributed by atoms with Gasteiger partial charge in [0.05, 0.1) is 11.9 Å². The van der Waals surface area contributed by atoms with Gasteiger partial charge in [0.2, 0.25) is 5.95 Å². The molecule has 1 rings (SSSR count). The van der Waals surface area contributed by atoms with Gasteiger partial charge in [-0.1, -0.05) is 6.92 Å². The van der Waals surface area contributed by atoms with E-state index < -0.39 is 0 Å². The lowest BCUT2D eigenvalue weighted by molar-refractivity contribution is 0.666. The summed E-state index contributed by atoms with van der Waals surface area (Å²) in [5.74, 6) is 0.910. The number of rotatable bonds is 5. The highest BCUT2D eigenvalue weighted by Crippen LogP contribution is 2.04. The highest BCUT2D eigenvalue weighted by atomic mass is 15.2. The summed E-state index contributed by atoms with van der Waals surface area (Å²) in [7, 11) is 3.95. The lowest BCUT2D eigenvalue weighted by atomic mass is 10.4. The van der Waals surface area contributed by atoms with Gasteiger partial charge in [0.25, 0.3) is 0 Å². The molecule has 0 aliphatic rings. The van der Waals surface area contributed by atoms with Crippen molar-refractivity contribution in [3.63, 3.8) is 0 Å². The molecule has 0 aliphatic heterocycles. The molecule has 74 valence electrons. The van der Waals surface area contributed by atoms with Crippen LogP contribution in [0.3, 0.4) is 0 Å². The quantitative estimate of drug-likeness (QED) is 0.667. The molecule has 4 nitrogen and oxygen atoms in total. The molecule has 0 aliphatic carbocycles. The summed E-state index contributed by atoms with van der Waals surface area (Å²) in [5.41, 5.74) is 1.14. The van der Waals surface area contributed by atoms with Crippen molar-refractivity contribution in [1.82, 2.24) is 15.3 Å². The van der Waals surface area contributed by atoms with Crippen molar-refractivity contribution in [1.29, 1.82) is 0 Å². The third-order valence-corrected chi connectivity index (χ3v) is 1.78.